The summed E-state index contributed by atoms with van der Waals surface area (Å²) >= 11 is 5.86. The molecule has 0 radical (unpaired) electrons. The third-order valence-electron chi connectivity index (χ3n) is 2.90. The molecule has 1 saturated carbocycles. The Labute approximate surface area is 117 Å². The Balaban J connectivity index is 1.84. The Morgan fingerprint density at radius 2 is 2.37 bits per heavy atom. The largest absolute Gasteiger partial charge is 0.371 e. The zero-order valence-electron chi connectivity index (χ0n) is 10.4. The van der Waals surface area contributed by atoms with E-state index < -0.39 is 6.04 Å². The summed E-state index contributed by atoms with van der Waals surface area (Å²) in [6.45, 7) is 0.622. The van der Waals surface area contributed by atoms with Crippen molar-refractivity contribution in [3.05, 3.63) is 34.9 Å². The summed E-state index contributed by atoms with van der Waals surface area (Å²) in [5, 5.41) is 12.3. The number of halogens is 1. The van der Waals surface area contributed by atoms with Crippen molar-refractivity contribution in [1.82, 2.24) is 5.32 Å². The first-order valence-corrected chi connectivity index (χ1v) is 6.59. The van der Waals surface area contributed by atoms with E-state index in [1.165, 1.54) is 12.8 Å². The Kier molecular flexibility index (Phi) is 4.78. The van der Waals surface area contributed by atoms with Gasteiger partial charge >= 0.3 is 0 Å². The van der Waals surface area contributed by atoms with Gasteiger partial charge < -0.3 is 10.1 Å². The number of rotatable bonds is 6. The Bertz CT molecular complexity index is 494. The van der Waals surface area contributed by atoms with Gasteiger partial charge in [0, 0.05) is 5.02 Å². The van der Waals surface area contributed by atoms with Gasteiger partial charge in [0.1, 0.15) is 12.6 Å². The van der Waals surface area contributed by atoms with Crippen LogP contribution in [0.1, 0.15) is 24.4 Å². The minimum absolute atomic E-state index is 0.00472. The zero-order valence-corrected chi connectivity index (χ0v) is 11.2. The standard InChI is InChI=1S/C14H15ClN2O2/c15-12-3-1-2-11(6-12)13(7-16)17-14(18)9-19-8-10-4-5-10/h1-3,6,10,13H,4-5,8-9H2,(H,17,18). The summed E-state index contributed by atoms with van der Waals surface area (Å²) in [5.41, 5.74) is 0.672. The van der Waals surface area contributed by atoms with Gasteiger partial charge in [-0.15, -0.1) is 0 Å². The maximum Gasteiger partial charge on any atom is 0.247 e. The number of hydrogen-bond acceptors (Lipinski definition) is 3. The third-order valence-corrected chi connectivity index (χ3v) is 3.14. The second-order valence-electron chi connectivity index (χ2n) is 4.64. The van der Waals surface area contributed by atoms with Crippen molar-refractivity contribution in [2.75, 3.05) is 13.2 Å². The fourth-order valence-corrected chi connectivity index (χ4v) is 1.88. The Hall–Kier alpha value is -1.57. The fourth-order valence-electron chi connectivity index (χ4n) is 1.68. The summed E-state index contributed by atoms with van der Waals surface area (Å²) in [4.78, 5) is 11.7. The molecule has 1 N–H and O–H groups in total. The molecule has 1 atom stereocenters. The van der Waals surface area contributed by atoms with Crippen molar-refractivity contribution in [3.8, 4) is 6.07 Å². The quantitative estimate of drug-likeness (QED) is 0.869. The molecule has 5 heteroatoms. The van der Waals surface area contributed by atoms with E-state index in [1.807, 2.05) is 6.07 Å². The van der Waals surface area contributed by atoms with Crippen LogP contribution < -0.4 is 5.32 Å². The number of nitrogens with one attached hydrogen (secondary N) is 1. The van der Waals surface area contributed by atoms with Crippen LogP contribution in [0.15, 0.2) is 24.3 Å². The van der Waals surface area contributed by atoms with Crippen molar-refractivity contribution in [2.45, 2.75) is 18.9 Å². The highest BCUT2D eigenvalue weighted by molar-refractivity contribution is 6.30. The van der Waals surface area contributed by atoms with Crippen LogP contribution in [0.2, 0.25) is 5.02 Å². The molecule has 1 aromatic rings. The first-order valence-electron chi connectivity index (χ1n) is 6.21. The molecule has 1 fully saturated rings. The van der Waals surface area contributed by atoms with E-state index in [0.29, 0.717) is 23.1 Å². The average molecular weight is 279 g/mol. The van der Waals surface area contributed by atoms with Crippen molar-refractivity contribution in [3.63, 3.8) is 0 Å². The zero-order chi connectivity index (χ0) is 13.7. The highest BCUT2D eigenvalue weighted by atomic mass is 35.5. The monoisotopic (exact) mass is 278 g/mol. The van der Waals surface area contributed by atoms with Gasteiger partial charge in [-0.25, -0.2) is 0 Å². The van der Waals surface area contributed by atoms with Gasteiger partial charge in [-0.3, -0.25) is 4.79 Å². The summed E-state index contributed by atoms with van der Waals surface area (Å²) in [6, 6.07) is 8.24. The molecule has 1 aliphatic carbocycles. The van der Waals surface area contributed by atoms with Gasteiger partial charge in [0.25, 0.3) is 0 Å². The molecule has 1 aromatic carbocycles. The van der Waals surface area contributed by atoms with E-state index in [4.69, 9.17) is 21.6 Å². The van der Waals surface area contributed by atoms with E-state index in [-0.39, 0.29) is 12.5 Å². The molecule has 0 bridgehead atoms. The van der Waals surface area contributed by atoms with Gasteiger partial charge in [-0.1, -0.05) is 23.7 Å². The van der Waals surface area contributed by atoms with Crippen LogP contribution in [0.5, 0.6) is 0 Å². The predicted molar refractivity (Wildman–Crippen MR) is 71.5 cm³/mol. The molecule has 1 amide bonds. The van der Waals surface area contributed by atoms with Crippen LogP contribution in [-0.4, -0.2) is 19.1 Å². The Morgan fingerprint density at radius 1 is 1.58 bits per heavy atom. The normalized spacial score (nSPS) is 15.6. The highest BCUT2D eigenvalue weighted by Gasteiger charge is 2.22. The van der Waals surface area contributed by atoms with Gasteiger partial charge in [0.2, 0.25) is 5.91 Å². The highest BCUT2D eigenvalue weighted by Crippen LogP contribution is 2.28. The van der Waals surface area contributed by atoms with Crippen molar-refractivity contribution in [2.24, 2.45) is 5.92 Å². The number of amides is 1. The maximum atomic E-state index is 11.7. The SMILES string of the molecule is N#CC(NC(=O)COCC1CC1)c1cccc(Cl)c1. The van der Waals surface area contributed by atoms with Crippen molar-refractivity contribution < 1.29 is 9.53 Å². The molecule has 100 valence electrons. The molecule has 0 aromatic heterocycles. The summed E-state index contributed by atoms with van der Waals surface area (Å²) in [5.74, 6) is 0.333. The van der Waals surface area contributed by atoms with E-state index >= 15 is 0 Å². The lowest BCUT2D eigenvalue weighted by Gasteiger charge is -2.12. The van der Waals surface area contributed by atoms with Crippen molar-refractivity contribution >= 4 is 17.5 Å². The second kappa shape index (κ2) is 6.55. The number of carbonyl (C=O) groups is 1. The molecular formula is C14H15ClN2O2. The van der Waals surface area contributed by atoms with Crippen LogP contribution in [0.3, 0.4) is 0 Å². The Morgan fingerprint density at radius 3 is 3.00 bits per heavy atom. The van der Waals surface area contributed by atoms with Crippen LogP contribution in [-0.2, 0) is 9.53 Å². The van der Waals surface area contributed by atoms with Gasteiger partial charge in [-0.2, -0.15) is 5.26 Å². The third kappa shape index (κ3) is 4.55. The van der Waals surface area contributed by atoms with E-state index in [0.717, 1.165) is 0 Å². The van der Waals surface area contributed by atoms with Gasteiger partial charge in [0.15, 0.2) is 0 Å². The topological polar surface area (TPSA) is 62.1 Å². The van der Waals surface area contributed by atoms with Crippen LogP contribution in [0.25, 0.3) is 0 Å². The van der Waals surface area contributed by atoms with E-state index in [9.17, 15) is 4.79 Å². The summed E-state index contributed by atoms with van der Waals surface area (Å²) < 4.78 is 5.28. The minimum Gasteiger partial charge on any atom is -0.371 e. The molecule has 1 aliphatic rings. The van der Waals surface area contributed by atoms with E-state index in [1.54, 1.807) is 24.3 Å². The smallest absolute Gasteiger partial charge is 0.247 e. The maximum absolute atomic E-state index is 11.7. The van der Waals surface area contributed by atoms with Crippen LogP contribution in [0, 0.1) is 17.2 Å². The molecule has 0 heterocycles. The number of nitriles is 1. The summed E-state index contributed by atoms with van der Waals surface area (Å²) in [7, 11) is 0. The number of ether oxygens (including phenoxy) is 1. The van der Waals surface area contributed by atoms with Crippen molar-refractivity contribution in [1.29, 1.82) is 5.26 Å². The van der Waals surface area contributed by atoms with Crippen LogP contribution >= 0.6 is 11.6 Å². The lowest BCUT2D eigenvalue weighted by molar-refractivity contribution is -0.126. The van der Waals surface area contributed by atoms with Gasteiger partial charge in [-0.05, 0) is 36.5 Å². The lowest BCUT2D eigenvalue weighted by atomic mass is 10.1. The number of nitrogens with zero attached hydrogens (tertiary/aromatic N) is 1. The molecule has 2 rings (SSSR count). The average Bonchev–Trinajstić information content (AvgIpc) is 3.20. The number of carbonyl (C=O) groups excluding carboxylic acids is 1. The molecule has 0 spiro atoms. The molecule has 0 aliphatic heterocycles. The first-order chi connectivity index (χ1) is 9.19. The fraction of sp³-hybridized carbons (Fsp3) is 0.429. The van der Waals surface area contributed by atoms with E-state index in [2.05, 4.69) is 5.32 Å². The predicted octanol–water partition coefficient (Wildman–Crippen LogP) is 2.45. The van der Waals surface area contributed by atoms with Crippen LogP contribution in [0.4, 0.5) is 0 Å². The molecule has 1 unspecified atom stereocenters. The number of benzene rings is 1. The molecule has 4 nitrogen and oxygen atoms in total. The van der Waals surface area contributed by atoms with Gasteiger partial charge in [0.05, 0.1) is 12.7 Å². The molecular weight excluding hydrogens is 264 g/mol. The second-order valence-corrected chi connectivity index (χ2v) is 5.08. The molecule has 0 saturated heterocycles. The summed E-state index contributed by atoms with van der Waals surface area (Å²) in [6.07, 6.45) is 2.37. The number of hydrogen-bond donors (Lipinski definition) is 1. The molecule has 19 heavy (non-hydrogen) atoms. The first kappa shape index (κ1) is 13.9. The lowest BCUT2D eigenvalue weighted by Crippen LogP contribution is -2.31. The minimum atomic E-state index is -0.698.